The molecule has 10 heteroatoms. The van der Waals surface area contributed by atoms with E-state index in [9.17, 15) is 19.2 Å². The topological polar surface area (TPSA) is 73.2 Å². The number of rotatable bonds is 4. The molecular formula is C28H25FIN3O2S3. The summed E-state index contributed by atoms with van der Waals surface area (Å²) < 4.78 is 17.5. The average Bonchev–Trinajstić information content (AvgIpc) is 3.53. The molecule has 2 unspecified atom stereocenters. The zero-order valence-electron chi connectivity index (χ0n) is 20.5. The Morgan fingerprint density at radius 1 is 1.21 bits per heavy atom. The molecule has 38 heavy (non-hydrogen) atoms. The lowest BCUT2D eigenvalue weighted by atomic mass is 9.80. The largest absolute Gasteiger partial charge is 0.333 e. The van der Waals surface area contributed by atoms with E-state index in [0.717, 1.165) is 48.3 Å². The first-order chi connectivity index (χ1) is 18.5. The second kappa shape index (κ2) is 11.3. The summed E-state index contributed by atoms with van der Waals surface area (Å²) in [5, 5.41) is 13.3. The van der Waals surface area contributed by atoms with Gasteiger partial charge in [-0.2, -0.15) is 5.26 Å². The first-order valence-electron chi connectivity index (χ1n) is 12.6. The van der Waals surface area contributed by atoms with Gasteiger partial charge in [0.25, 0.3) is 5.91 Å². The van der Waals surface area contributed by atoms with Gasteiger partial charge in [-0.15, -0.1) is 11.3 Å². The van der Waals surface area contributed by atoms with Crippen molar-refractivity contribution in [2.75, 3.05) is 11.1 Å². The maximum Gasteiger partial charge on any atom is 0.259 e. The molecule has 1 aromatic heterocycles. The minimum atomic E-state index is -0.509. The monoisotopic (exact) mass is 677 g/mol. The third-order valence-corrected chi connectivity index (χ3v) is 13.2. The minimum Gasteiger partial charge on any atom is -0.333 e. The molecule has 1 fully saturated rings. The van der Waals surface area contributed by atoms with Crippen molar-refractivity contribution in [3.05, 3.63) is 72.5 Å². The van der Waals surface area contributed by atoms with Gasteiger partial charge in [0.2, 0.25) is 5.91 Å². The Hall–Kier alpha value is -1.94. The highest BCUT2D eigenvalue weighted by Crippen LogP contribution is 2.45. The Morgan fingerprint density at radius 3 is 2.89 bits per heavy atom. The van der Waals surface area contributed by atoms with Crippen LogP contribution < -0.4 is 5.32 Å². The molecule has 196 valence electrons. The number of carbonyl (C=O) groups excluding carboxylic acids is 2. The Balaban J connectivity index is 1.21. The van der Waals surface area contributed by atoms with Crippen LogP contribution in [-0.2, 0) is 35.5 Å². The van der Waals surface area contributed by atoms with E-state index in [1.807, 2.05) is 8.91 Å². The van der Waals surface area contributed by atoms with E-state index in [1.165, 1.54) is 32.1 Å². The third-order valence-electron chi connectivity index (χ3n) is 7.49. The Bertz CT molecular complexity index is 1450. The summed E-state index contributed by atoms with van der Waals surface area (Å²) in [7, 11) is 3.53. The molecule has 0 bridgehead atoms. The highest BCUT2D eigenvalue weighted by Gasteiger charge is 2.34. The standard InChI is InChI=1S/C28H25FIN3O2S3/c29-23-12-30-9-8-20(23)26(34)32-27-21(13-31)19-7-6-16(11-25(19)37-27)18-4-1-3-17-14-33(15-22(17)18)28(35)24-5-2-10-36-38-24/h1,3-4,8-9,12,16,24H,2,5-7,10-11,14-15H2,(H,32,34). The number of nitrogens with one attached hydrogen (secondary N) is 1. The van der Waals surface area contributed by atoms with Crippen molar-refractivity contribution in [1.29, 1.82) is 5.26 Å². The Kier molecular flexibility index (Phi) is 7.80. The van der Waals surface area contributed by atoms with Crippen molar-refractivity contribution in [2.24, 2.45) is 0 Å². The van der Waals surface area contributed by atoms with Crippen molar-refractivity contribution >= 4 is 74.5 Å². The van der Waals surface area contributed by atoms with Gasteiger partial charge in [-0.3, -0.25) is 9.59 Å². The van der Waals surface area contributed by atoms with Crippen molar-refractivity contribution in [3.63, 3.8) is 0 Å². The molecule has 1 aromatic carbocycles. The minimum absolute atomic E-state index is 0.0215. The van der Waals surface area contributed by atoms with Crippen LogP contribution in [-0.4, -0.2) is 31.7 Å². The number of allylic oxidation sites excluding steroid dienone is 1. The first kappa shape index (κ1) is 26.3. The van der Waals surface area contributed by atoms with Gasteiger partial charge in [-0.05, 0) is 70.4 Å². The number of anilines is 1. The smallest absolute Gasteiger partial charge is 0.259 e. The Labute approximate surface area is 243 Å². The lowest BCUT2D eigenvalue weighted by molar-refractivity contribution is -0.131. The maximum atomic E-state index is 14.2. The SMILES string of the molecule is N#Cc1c(NC(=O)C2=CC=IC=C2F)sc2c1CCC(c1cccc3c1CN(C(=O)C1CCCSS1)C3)C2. The summed E-state index contributed by atoms with van der Waals surface area (Å²) in [6.45, 7) is 1.34. The van der Waals surface area contributed by atoms with Gasteiger partial charge in [0.15, 0.2) is 0 Å². The van der Waals surface area contributed by atoms with E-state index in [2.05, 4.69) is 29.6 Å². The molecular weight excluding hydrogens is 652 g/mol. The number of amides is 2. The maximum absolute atomic E-state index is 14.2. The fourth-order valence-corrected chi connectivity index (χ4v) is 11.0. The first-order valence-corrected chi connectivity index (χ1v) is 18.3. The van der Waals surface area contributed by atoms with Crippen molar-refractivity contribution in [1.82, 2.24) is 4.90 Å². The molecule has 2 aromatic rings. The summed E-state index contributed by atoms with van der Waals surface area (Å²) in [5.74, 6) is 0.678. The fourth-order valence-electron chi connectivity index (χ4n) is 5.60. The molecule has 1 saturated heterocycles. The van der Waals surface area contributed by atoms with Gasteiger partial charge >= 0.3 is 0 Å². The summed E-state index contributed by atoms with van der Waals surface area (Å²) in [6.07, 6.45) is 6.06. The zero-order chi connectivity index (χ0) is 26.2. The fraction of sp³-hybridized carbons (Fsp3) is 0.357. The Morgan fingerprint density at radius 2 is 2.11 bits per heavy atom. The molecule has 0 radical (unpaired) electrons. The predicted molar refractivity (Wildman–Crippen MR) is 164 cm³/mol. The molecule has 5 nitrogen and oxygen atoms in total. The number of nitriles is 1. The van der Waals surface area contributed by atoms with E-state index in [-0.39, 0.29) is 16.7 Å². The molecule has 6 rings (SSSR count). The van der Waals surface area contributed by atoms with E-state index in [1.54, 1.807) is 27.7 Å². The molecule has 1 aliphatic carbocycles. The zero-order valence-corrected chi connectivity index (χ0v) is 25.1. The molecule has 2 atom stereocenters. The molecule has 0 saturated carbocycles. The van der Waals surface area contributed by atoms with Crippen LogP contribution in [0, 0.1) is 11.3 Å². The lowest BCUT2D eigenvalue weighted by Gasteiger charge is -2.26. The summed E-state index contributed by atoms with van der Waals surface area (Å²) in [6, 6.07) is 8.72. The number of thiophene rings is 1. The van der Waals surface area contributed by atoms with Gasteiger partial charge in [-0.25, -0.2) is 4.39 Å². The summed E-state index contributed by atoms with van der Waals surface area (Å²) in [4.78, 5) is 29.1. The molecule has 4 aliphatic rings. The number of nitrogens with zero attached hydrogens (tertiary/aromatic N) is 2. The average molecular weight is 678 g/mol. The summed E-state index contributed by atoms with van der Waals surface area (Å²) in [5.41, 5.74) is 5.34. The molecule has 1 N–H and O–H groups in total. The quantitative estimate of drug-likeness (QED) is 0.287. The van der Waals surface area contributed by atoms with Gasteiger partial charge in [0.1, 0.15) is 16.9 Å². The van der Waals surface area contributed by atoms with Crippen molar-refractivity contribution < 1.29 is 14.0 Å². The number of hydrogen-bond acceptors (Lipinski definition) is 6. The van der Waals surface area contributed by atoms with Crippen LogP contribution in [0.2, 0.25) is 0 Å². The van der Waals surface area contributed by atoms with Crippen LogP contribution in [0.1, 0.15) is 57.9 Å². The van der Waals surface area contributed by atoms with E-state index >= 15 is 0 Å². The normalized spacial score (nSPS) is 22.4. The van der Waals surface area contributed by atoms with Crippen LogP contribution >= 0.6 is 53.7 Å². The van der Waals surface area contributed by atoms with Crippen LogP contribution in [0.4, 0.5) is 9.39 Å². The van der Waals surface area contributed by atoms with E-state index in [0.29, 0.717) is 29.6 Å². The van der Waals surface area contributed by atoms with Gasteiger partial charge in [0.05, 0.1) is 16.4 Å². The van der Waals surface area contributed by atoms with Crippen LogP contribution in [0.15, 0.2) is 39.8 Å². The van der Waals surface area contributed by atoms with Crippen LogP contribution in [0.25, 0.3) is 0 Å². The van der Waals surface area contributed by atoms with Crippen molar-refractivity contribution in [2.45, 2.75) is 56.4 Å². The number of benzene rings is 1. The number of carbonyl (C=O) groups is 2. The molecule has 3 aliphatic heterocycles. The van der Waals surface area contributed by atoms with Gasteiger partial charge in [-0.1, -0.05) is 60.5 Å². The predicted octanol–water partition coefficient (Wildman–Crippen LogP) is 6.74. The van der Waals surface area contributed by atoms with Crippen LogP contribution in [0.3, 0.4) is 0 Å². The lowest BCUT2D eigenvalue weighted by Crippen LogP contribution is -2.34. The van der Waals surface area contributed by atoms with E-state index < -0.39 is 32.5 Å². The number of halogens is 2. The van der Waals surface area contributed by atoms with Gasteiger partial charge in [0, 0.05) is 27.8 Å². The molecule has 4 heterocycles. The number of hydrogen-bond donors (Lipinski definition) is 1. The second-order valence-corrected chi connectivity index (χ2v) is 15.6. The third kappa shape index (κ3) is 5.03. The molecule has 0 spiro atoms. The second-order valence-electron chi connectivity index (χ2n) is 9.73. The van der Waals surface area contributed by atoms with Crippen LogP contribution in [0.5, 0.6) is 0 Å². The van der Waals surface area contributed by atoms with Crippen molar-refractivity contribution in [3.8, 4) is 6.07 Å². The highest BCUT2D eigenvalue weighted by molar-refractivity contribution is 14.2. The molecule has 2 amide bonds. The number of fused-ring (bicyclic) bond motifs is 2. The van der Waals surface area contributed by atoms with Gasteiger partial charge < -0.3 is 10.2 Å². The highest BCUT2D eigenvalue weighted by atomic mass is 127. The van der Waals surface area contributed by atoms with E-state index in [4.69, 9.17) is 0 Å². The summed E-state index contributed by atoms with van der Waals surface area (Å²) >= 11 is 0.960.